The Morgan fingerprint density at radius 2 is 2.11 bits per heavy atom. The summed E-state index contributed by atoms with van der Waals surface area (Å²) in [5.74, 6) is 0. The predicted molar refractivity (Wildman–Crippen MR) is 62.6 cm³/mol. The summed E-state index contributed by atoms with van der Waals surface area (Å²) in [5.41, 5.74) is -0.477. The Bertz CT molecular complexity index is 535. The van der Waals surface area contributed by atoms with Gasteiger partial charge in [0.2, 0.25) is 0 Å². The summed E-state index contributed by atoms with van der Waals surface area (Å²) in [6.07, 6.45) is 0.246. The highest BCUT2D eigenvalue weighted by Gasteiger charge is 2.39. The lowest BCUT2D eigenvalue weighted by atomic mass is 10.2. The Morgan fingerprint density at radius 1 is 1.39 bits per heavy atom. The van der Waals surface area contributed by atoms with E-state index in [1.165, 1.54) is 17.9 Å². The van der Waals surface area contributed by atoms with Crippen LogP contribution in [0.1, 0.15) is 11.8 Å². The molecule has 1 aromatic rings. The topological polar surface area (TPSA) is 82.6 Å². The number of aryl methyl sites for hydroxylation is 1. The van der Waals surface area contributed by atoms with Gasteiger partial charge in [0.05, 0.1) is 6.61 Å². The molecule has 0 aromatic carbocycles. The van der Waals surface area contributed by atoms with Gasteiger partial charge in [-0.2, -0.15) is 0 Å². The molecule has 1 N–H and O–H groups in total. The number of aromatic nitrogens is 2. The van der Waals surface area contributed by atoms with E-state index in [1.807, 2.05) is 0 Å². The van der Waals surface area contributed by atoms with Gasteiger partial charge in [-0.3, -0.25) is 14.3 Å². The summed E-state index contributed by atoms with van der Waals surface area (Å²) in [7, 11) is 3.09. The van der Waals surface area contributed by atoms with Gasteiger partial charge in [-0.1, -0.05) is 0 Å². The lowest BCUT2D eigenvalue weighted by molar-refractivity contribution is -0.0524. The van der Waals surface area contributed by atoms with E-state index in [0.717, 1.165) is 0 Å². The Kier molecular flexibility index (Phi) is 3.65. The van der Waals surface area contributed by atoms with Crippen molar-refractivity contribution < 1.29 is 14.2 Å². The van der Waals surface area contributed by atoms with Crippen LogP contribution in [0, 0.1) is 6.92 Å². The third-order valence-corrected chi connectivity index (χ3v) is 3.07. The van der Waals surface area contributed by atoms with E-state index in [4.69, 9.17) is 14.2 Å². The van der Waals surface area contributed by atoms with Gasteiger partial charge in [0.15, 0.2) is 6.23 Å². The summed E-state index contributed by atoms with van der Waals surface area (Å²) in [6.45, 7) is 1.96. The zero-order valence-corrected chi connectivity index (χ0v) is 10.5. The molecule has 0 bridgehead atoms. The lowest BCUT2D eigenvalue weighted by Crippen LogP contribution is -2.39. The maximum Gasteiger partial charge on any atom is 0.330 e. The monoisotopic (exact) mass is 256 g/mol. The maximum absolute atomic E-state index is 11.8. The molecule has 0 radical (unpaired) electrons. The fraction of sp³-hybridized carbons (Fsp3) is 0.636. The van der Waals surface area contributed by atoms with Crippen molar-refractivity contribution in [2.75, 3.05) is 20.8 Å². The first-order chi connectivity index (χ1) is 8.58. The third kappa shape index (κ3) is 2.12. The number of nitrogens with zero attached hydrogens (tertiary/aromatic N) is 1. The van der Waals surface area contributed by atoms with Crippen LogP contribution in [0.4, 0.5) is 0 Å². The first-order valence-electron chi connectivity index (χ1n) is 5.57. The van der Waals surface area contributed by atoms with Crippen LogP contribution in [-0.4, -0.2) is 42.6 Å². The molecule has 1 saturated heterocycles. The smallest absolute Gasteiger partial charge is 0.330 e. The summed E-state index contributed by atoms with van der Waals surface area (Å²) in [5, 5.41) is 0. The van der Waals surface area contributed by atoms with Crippen LogP contribution >= 0.6 is 0 Å². The molecule has 3 atom stereocenters. The molecule has 0 unspecified atom stereocenters. The van der Waals surface area contributed by atoms with Gasteiger partial charge in [0, 0.05) is 26.0 Å². The normalized spacial score (nSPS) is 27.6. The second kappa shape index (κ2) is 5.05. The van der Waals surface area contributed by atoms with E-state index >= 15 is 0 Å². The molecule has 18 heavy (non-hydrogen) atoms. The number of rotatable bonds is 3. The van der Waals surface area contributed by atoms with E-state index in [0.29, 0.717) is 12.2 Å². The molecule has 7 heteroatoms. The number of hydrogen-bond donors (Lipinski definition) is 1. The largest absolute Gasteiger partial charge is 0.376 e. The minimum Gasteiger partial charge on any atom is -0.376 e. The SMILES string of the molecule is CO[C@@H]1[C@H](n2cc(C)c(=O)[nH]c2=O)OC[C@H]1OC. The average Bonchev–Trinajstić information content (AvgIpc) is 2.76. The Hall–Kier alpha value is -1.44. The van der Waals surface area contributed by atoms with Crippen molar-refractivity contribution in [1.29, 1.82) is 0 Å². The van der Waals surface area contributed by atoms with E-state index in [1.54, 1.807) is 14.0 Å². The second-order valence-electron chi connectivity index (χ2n) is 4.18. The van der Waals surface area contributed by atoms with Crippen molar-refractivity contribution >= 4 is 0 Å². The molecule has 1 aromatic heterocycles. The zero-order valence-electron chi connectivity index (χ0n) is 10.5. The van der Waals surface area contributed by atoms with Gasteiger partial charge >= 0.3 is 5.69 Å². The highest BCUT2D eigenvalue weighted by atomic mass is 16.6. The first-order valence-corrected chi connectivity index (χ1v) is 5.57. The van der Waals surface area contributed by atoms with Crippen molar-refractivity contribution in [2.24, 2.45) is 0 Å². The van der Waals surface area contributed by atoms with Crippen molar-refractivity contribution in [3.63, 3.8) is 0 Å². The van der Waals surface area contributed by atoms with Gasteiger partial charge in [0.25, 0.3) is 5.56 Å². The molecule has 0 spiro atoms. The van der Waals surface area contributed by atoms with E-state index in [9.17, 15) is 9.59 Å². The van der Waals surface area contributed by atoms with Crippen LogP contribution in [0.15, 0.2) is 15.8 Å². The highest BCUT2D eigenvalue weighted by molar-refractivity contribution is 5.02. The molecule has 0 saturated carbocycles. The highest BCUT2D eigenvalue weighted by Crippen LogP contribution is 2.26. The van der Waals surface area contributed by atoms with Crippen molar-refractivity contribution in [3.8, 4) is 0 Å². The molecule has 2 heterocycles. The van der Waals surface area contributed by atoms with Crippen LogP contribution in [-0.2, 0) is 14.2 Å². The molecule has 1 aliphatic rings. The molecular formula is C11H16N2O5. The van der Waals surface area contributed by atoms with Crippen molar-refractivity contribution in [3.05, 3.63) is 32.6 Å². The minimum atomic E-state index is -0.594. The van der Waals surface area contributed by atoms with Crippen LogP contribution in [0.25, 0.3) is 0 Å². The molecule has 0 amide bonds. The standard InChI is InChI=1S/C11H16N2O5/c1-6-4-13(11(15)12-9(6)14)10-8(17-3)7(16-2)5-18-10/h4,7-8,10H,5H2,1-3H3,(H,12,14,15)/t7-,8+,10-/m1/s1. The molecule has 2 rings (SSSR count). The summed E-state index contributed by atoms with van der Waals surface area (Å²) >= 11 is 0. The number of hydrogen-bond acceptors (Lipinski definition) is 5. The Labute approximate surface area is 103 Å². The third-order valence-electron chi connectivity index (χ3n) is 3.07. The van der Waals surface area contributed by atoms with Crippen LogP contribution in [0.5, 0.6) is 0 Å². The van der Waals surface area contributed by atoms with Gasteiger partial charge in [0.1, 0.15) is 12.2 Å². The van der Waals surface area contributed by atoms with E-state index in [-0.39, 0.29) is 6.10 Å². The number of H-pyrrole nitrogens is 1. The predicted octanol–water partition coefficient (Wildman–Crippen LogP) is -0.596. The molecule has 100 valence electrons. The summed E-state index contributed by atoms with van der Waals surface area (Å²) in [4.78, 5) is 25.3. The van der Waals surface area contributed by atoms with E-state index in [2.05, 4.69) is 4.98 Å². The minimum absolute atomic E-state index is 0.237. The van der Waals surface area contributed by atoms with Crippen molar-refractivity contribution in [1.82, 2.24) is 9.55 Å². The number of ether oxygens (including phenoxy) is 3. The average molecular weight is 256 g/mol. The molecule has 0 aliphatic carbocycles. The number of methoxy groups -OCH3 is 2. The van der Waals surface area contributed by atoms with Crippen LogP contribution < -0.4 is 11.2 Å². The van der Waals surface area contributed by atoms with Crippen molar-refractivity contribution in [2.45, 2.75) is 25.4 Å². The van der Waals surface area contributed by atoms with E-state index < -0.39 is 23.6 Å². The molecule has 7 nitrogen and oxygen atoms in total. The van der Waals surface area contributed by atoms with Gasteiger partial charge in [-0.05, 0) is 6.92 Å². The van der Waals surface area contributed by atoms with Crippen LogP contribution in [0.3, 0.4) is 0 Å². The Morgan fingerprint density at radius 3 is 2.72 bits per heavy atom. The summed E-state index contributed by atoms with van der Waals surface area (Å²) < 4.78 is 17.4. The van der Waals surface area contributed by atoms with Gasteiger partial charge in [-0.15, -0.1) is 0 Å². The summed E-state index contributed by atoms with van der Waals surface area (Å²) in [6, 6.07) is 0. The lowest BCUT2D eigenvalue weighted by Gasteiger charge is -2.22. The van der Waals surface area contributed by atoms with Crippen LogP contribution in [0.2, 0.25) is 0 Å². The fourth-order valence-electron chi connectivity index (χ4n) is 2.05. The second-order valence-corrected chi connectivity index (χ2v) is 4.18. The zero-order chi connectivity index (χ0) is 13.3. The van der Waals surface area contributed by atoms with Gasteiger partial charge < -0.3 is 14.2 Å². The number of nitrogens with one attached hydrogen (secondary N) is 1. The molecule has 1 fully saturated rings. The fourth-order valence-corrected chi connectivity index (χ4v) is 2.05. The molecular weight excluding hydrogens is 240 g/mol. The first kappa shape index (κ1) is 13.0. The Balaban J connectivity index is 2.40. The van der Waals surface area contributed by atoms with Gasteiger partial charge in [-0.25, -0.2) is 4.79 Å². The quantitative estimate of drug-likeness (QED) is 0.781. The maximum atomic E-state index is 11.8. The molecule has 1 aliphatic heterocycles. The number of aromatic amines is 1.